The number of hydrogen-bond donors (Lipinski definition) is 0. The Kier molecular flexibility index (Phi) is 5.68. The van der Waals surface area contributed by atoms with Gasteiger partial charge in [-0.15, -0.1) is 0 Å². The quantitative estimate of drug-likeness (QED) is 0.436. The molecule has 0 spiro atoms. The first-order valence-electron chi connectivity index (χ1n) is 8.99. The van der Waals surface area contributed by atoms with Crippen LogP contribution in [0.5, 0.6) is 0 Å². The molecule has 2 amide bonds. The minimum Gasteiger partial charge on any atom is -0.463 e. The molecule has 5 nitrogen and oxygen atoms in total. The molecule has 1 atom stereocenters. The van der Waals surface area contributed by atoms with E-state index >= 15 is 0 Å². The molecule has 0 saturated carbocycles. The number of ether oxygens (including phenoxy) is 1. The number of carbonyl (C=O) groups excluding carboxylic acids is 3. The Balaban J connectivity index is 1.97. The van der Waals surface area contributed by atoms with Crippen LogP contribution in [0.25, 0.3) is 0 Å². The molecule has 6 heteroatoms. The van der Waals surface area contributed by atoms with Crippen LogP contribution in [0.15, 0.2) is 60.2 Å². The molecule has 144 valence electrons. The Morgan fingerprint density at radius 2 is 1.64 bits per heavy atom. The zero-order chi connectivity index (χ0) is 20.3. The summed E-state index contributed by atoms with van der Waals surface area (Å²) in [6.07, 6.45) is 1.81. The second-order valence-corrected chi connectivity index (χ2v) is 6.49. The van der Waals surface area contributed by atoms with Crippen molar-refractivity contribution in [1.29, 1.82) is 0 Å². The largest absolute Gasteiger partial charge is 0.463 e. The zero-order valence-corrected chi connectivity index (χ0v) is 15.6. The van der Waals surface area contributed by atoms with Gasteiger partial charge in [0.25, 0.3) is 11.8 Å². The number of nitrogens with zero attached hydrogens (tertiary/aromatic N) is 1. The third kappa shape index (κ3) is 3.86. The van der Waals surface area contributed by atoms with E-state index in [0.717, 1.165) is 10.5 Å². The average molecular weight is 381 g/mol. The molecule has 2 aromatic rings. The summed E-state index contributed by atoms with van der Waals surface area (Å²) < 4.78 is 18.2. The molecule has 0 radical (unpaired) electrons. The molecular formula is C22H20FNO4. The molecule has 2 aromatic carbocycles. The van der Waals surface area contributed by atoms with Crippen molar-refractivity contribution in [2.24, 2.45) is 0 Å². The summed E-state index contributed by atoms with van der Waals surface area (Å²) in [7, 11) is 0. The Labute approximate surface area is 162 Å². The first kappa shape index (κ1) is 19.5. The van der Waals surface area contributed by atoms with Gasteiger partial charge in [0.2, 0.25) is 0 Å². The minimum absolute atomic E-state index is 0.222. The summed E-state index contributed by atoms with van der Waals surface area (Å²) in [6.45, 7) is 3.50. The molecule has 1 aliphatic heterocycles. The lowest BCUT2D eigenvalue weighted by Gasteiger charge is -2.24. The average Bonchev–Trinajstić information content (AvgIpc) is 2.94. The highest BCUT2D eigenvalue weighted by Crippen LogP contribution is 2.27. The predicted octanol–water partition coefficient (Wildman–Crippen LogP) is 3.54. The molecule has 1 aliphatic rings. The summed E-state index contributed by atoms with van der Waals surface area (Å²) in [5.74, 6) is -1.72. The maximum atomic E-state index is 13.2. The minimum atomic E-state index is -0.706. The maximum absolute atomic E-state index is 13.2. The highest BCUT2D eigenvalue weighted by atomic mass is 19.1. The Morgan fingerprint density at radius 3 is 2.18 bits per heavy atom. The van der Waals surface area contributed by atoms with E-state index in [1.54, 1.807) is 56.3 Å². The Morgan fingerprint density at radius 1 is 1.07 bits per heavy atom. The summed E-state index contributed by atoms with van der Waals surface area (Å²) in [5, 5.41) is 0. The highest BCUT2D eigenvalue weighted by molar-refractivity contribution is 6.21. The third-order valence-electron chi connectivity index (χ3n) is 4.56. The number of benzene rings is 2. The number of imide groups is 1. The Bertz CT molecular complexity index is 914. The van der Waals surface area contributed by atoms with Gasteiger partial charge in [-0.2, -0.15) is 0 Å². The van der Waals surface area contributed by atoms with Crippen LogP contribution >= 0.6 is 0 Å². The summed E-state index contributed by atoms with van der Waals surface area (Å²) in [4.78, 5) is 38.9. The van der Waals surface area contributed by atoms with Gasteiger partial charge in [0.15, 0.2) is 0 Å². The van der Waals surface area contributed by atoms with Crippen molar-refractivity contribution in [2.75, 3.05) is 6.61 Å². The first-order valence-corrected chi connectivity index (χ1v) is 8.99. The number of carbonyl (C=O) groups is 3. The van der Waals surface area contributed by atoms with Crippen molar-refractivity contribution in [3.63, 3.8) is 0 Å². The topological polar surface area (TPSA) is 63.7 Å². The SMILES string of the molecule is CCOC(=O)/C(C)=C/[C@H](Cc1ccc(F)cc1)N1C(=O)c2ccccc2C1=O. The fraction of sp³-hybridized carbons (Fsp3) is 0.227. The van der Waals surface area contributed by atoms with Crippen LogP contribution in [0.4, 0.5) is 4.39 Å². The smallest absolute Gasteiger partial charge is 0.333 e. The van der Waals surface area contributed by atoms with Gasteiger partial charge < -0.3 is 4.74 Å². The Hall–Kier alpha value is -3.28. The molecule has 0 aromatic heterocycles. The lowest BCUT2D eigenvalue weighted by atomic mass is 10.0. The van der Waals surface area contributed by atoms with Gasteiger partial charge in [0.05, 0.1) is 23.8 Å². The van der Waals surface area contributed by atoms with Crippen LogP contribution in [0.3, 0.4) is 0 Å². The van der Waals surface area contributed by atoms with Crippen molar-refractivity contribution in [3.05, 3.63) is 82.7 Å². The molecule has 0 unspecified atom stereocenters. The van der Waals surface area contributed by atoms with Crippen LogP contribution in [0, 0.1) is 5.82 Å². The van der Waals surface area contributed by atoms with Gasteiger partial charge in [0, 0.05) is 5.57 Å². The van der Waals surface area contributed by atoms with Crippen LogP contribution in [-0.4, -0.2) is 35.3 Å². The number of hydrogen-bond acceptors (Lipinski definition) is 4. The second kappa shape index (κ2) is 8.17. The molecule has 3 rings (SSSR count). The van der Waals surface area contributed by atoms with E-state index in [0.29, 0.717) is 16.7 Å². The number of amides is 2. The highest BCUT2D eigenvalue weighted by Gasteiger charge is 2.39. The van der Waals surface area contributed by atoms with E-state index in [-0.39, 0.29) is 18.8 Å². The fourth-order valence-electron chi connectivity index (χ4n) is 3.20. The van der Waals surface area contributed by atoms with Gasteiger partial charge in [-0.1, -0.05) is 30.3 Å². The molecule has 0 bridgehead atoms. The molecule has 0 aliphatic carbocycles. The van der Waals surface area contributed by atoms with Crippen LogP contribution < -0.4 is 0 Å². The van der Waals surface area contributed by atoms with E-state index in [1.165, 1.54) is 12.1 Å². The van der Waals surface area contributed by atoms with E-state index in [2.05, 4.69) is 0 Å². The first-order chi connectivity index (χ1) is 13.4. The summed E-state index contributed by atoms with van der Waals surface area (Å²) >= 11 is 0. The third-order valence-corrected chi connectivity index (χ3v) is 4.56. The number of fused-ring (bicyclic) bond motifs is 1. The maximum Gasteiger partial charge on any atom is 0.333 e. The summed E-state index contributed by atoms with van der Waals surface area (Å²) in [6, 6.07) is 11.7. The lowest BCUT2D eigenvalue weighted by molar-refractivity contribution is -0.138. The monoisotopic (exact) mass is 381 g/mol. The van der Waals surface area contributed by atoms with Crippen LogP contribution in [0.1, 0.15) is 40.1 Å². The molecule has 1 heterocycles. The lowest BCUT2D eigenvalue weighted by Crippen LogP contribution is -2.40. The molecule has 0 saturated heterocycles. The van der Waals surface area contributed by atoms with E-state index in [9.17, 15) is 18.8 Å². The van der Waals surface area contributed by atoms with Crippen molar-refractivity contribution in [2.45, 2.75) is 26.3 Å². The van der Waals surface area contributed by atoms with Gasteiger partial charge in [0.1, 0.15) is 5.82 Å². The van der Waals surface area contributed by atoms with E-state index < -0.39 is 23.8 Å². The van der Waals surface area contributed by atoms with Crippen LogP contribution in [0.2, 0.25) is 0 Å². The van der Waals surface area contributed by atoms with Gasteiger partial charge >= 0.3 is 5.97 Å². The van der Waals surface area contributed by atoms with Crippen molar-refractivity contribution >= 4 is 17.8 Å². The second-order valence-electron chi connectivity index (χ2n) is 6.49. The standard InChI is InChI=1S/C22H20FNO4/c1-3-28-22(27)14(2)12-17(13-15-8-10-16(23)11-9-15)24-20(25)18-6-4-5-7-19(18)21(24)26/h4-12,17H,3,13H2,1-2H3/b14-12+/t17-/m1/s1. The van der Waals surface area contributed by atoms with E-state index in [1.807, 2.05) is 0 Å². The summed E-state index contributed by atoms with van der Waals surface area (Å²) in [5.41, 5.74) is 1.69. The molecular weight excluding hydrogens is 361 g/mol. The zero-order valence-electron chi connectivity index (χ0n) is 15.6. The van der Waals surface area contributed by atoms with E-state index in [4.69, 9.17) is 4.74 Å². The number of esters is 1. The van der Waals surface area contributed by atoms with Gasteiger partial charge in [-0.05, 0) is 50.1 Å². The van der Waals surface area contributed by atoms with Gasteiger partial charge in [-0.25, -0.2) is 9.18 Å². The predicted molar refractivity (Wildman–Crippen MR) is 101 cm³/mol. The van der Waals surface area contributed by atoms with Crippen LogP contribution in [-0.2, 0) is 16.0 Å². The van der Waals surface area contributed by atoms with Gasteiger partial charge in [-0.3, -0.25) is 14.5 Å². The molecule has 0 N–H and O–H groups in total. The number of halogens is 1. The van der Waals surface area contributed by atoms with Crippen molar-refractivity contribution in [1.82, 2.24) is 4.90 Å². The normalized spacial score (nSPS) is 14.8. The number of rotatable bonds is 6. The van der Waals surface area contributed by atoms with Crippen molar-refractivity contribution in [3.8, 4) is 0 Å². The van der Waals surface area contributed by atoms with Crippen molar-refractivity contribution < 1.29 is 23.5 Å². The fourth-order valence-corrected chi connectivity index (χ4v) is 3.20. The molecule has 28 heavy (non-hydrogen) atoms. The molecule has 0 fully saturated rings.